The lowest BCUT2D eigenvalue weighted by molar-refractivity contribution is -0.118. The molecule has 0 spiro atoms. The lowest BCUT2D eigenvalue weighted by Gasteiger charge is -2.18. The summed E-state index contributed by atoms with van der Waals surface area (Å²) in [4.78, 5) is 26.3. The van der Waals surface area contributed by atoms with Gasteiger partial charge in [-0.05, 0) is 49.2 Å². The van der Waals surface area contributed by atoms with E-state index >= 15 is 0 Å². The highest BCUT2D eigenvalue weighted by Crippen LogP contribution is 2.24. The molecule has 1 heterocycles. The molecule has 0 bridgehead atoms. The second kappa shape index (κ2) is 7.43. The van der Waals surface area contributed by atoms with Crippen LogP contribution < -0.4 is 20.3 Å². The van der Waals surface area contributed by atoms with Gasteiger partial charge in [0.15, 0.2) is 0 Å². The second-order valence-electron chi connectivity index (χ2n) is 6.10. The molecule has 1 atom stereocenters. The molecular formula is C19H20FN3O3. The van der Waals surface area contributed by atoms with Crippen molar-refractivity contribution in [3.8, 4) is 5.75 Å². The predicted octanol–water partition coefficient (Wildman–Crippen LogP) is 3.07. The van der Waals surface area contributed by atoms with Crippen molar-refractivity contribution in [2.24, 2.45) is 0 Å². The average Bonchev–Trinajstić information content (AvgIpc) is 2.98. The minimum absolute atomic E-state index is 0.211. The van der Waals surface area contributed by atoms with Gasteiger partial charge in [-0.1, -0.05) is 6.07 Å². The van der Waals surface area contributed by atoms with Crippen LogP contribution in [0.2, 0.25) is 0 Å². The molecule has 1 fully saturated rings. The van der Waals surface area contributed by atoms with E-state index in [2.05, 4.69) is 10.6 Å². The minimum atomic E-state index is -0.619. The van der Waals surface area contributed by atoms with Crippen LogP contribution in [0.25, 0.3) is 0 Å². The molecule has 2 aromatic carbocycles. The number of aryl methyl sites for hydroxylation is 1. The number of benzene rings is 2. The monoisotopic (exact) mass is 357 g/mol. The summed E-state index contributed by atoms with van der Waals surface area (Å²) in [5, 5.41) is 5.37. The number of nitrogens with zero attached hydrogens (tertiary/aromatic N) is 1. The van der Waals surface area contributed by atoms with Crippen LogP contribution in [0.15, 0.2) is 42.5 Å². The van der Waals surface area contributed by atoms with Gasteiger partial charge in [0.05, 0.1) is 7.11 Å². The number of halogens is 1. The fourth-order valence-electron chi connectivity index (χ4n) is 2.89. The van der Waals surface area contributed by atoms with Crippen molar-refractivity contribution in [2.75, 3.05) is 23.9 Å². The molecule has 0 unspecified atom stereocenters. The Bertz CT molecular complexity index is 841. The molecule has 136 valence electrons. The molecule has 3 rings (SSSR count). The Balaban J connectivity index is 1.62. The standard InChI is InChI=1S/C19H20FN3O3/c1-12-10-14(6-7-16(12)20)23-9-8-17(18(23)24)22-19(25)21-13-4-3-5-15(11-13)26-2/h3-7,10-11,17H,8-9H2,1-2H3,(H2,21,22,25)/t17-/m1/s1. The zero-order chi connectivity index (χ0) is 18.7. The highest BCUT2D eigenvalue weighted by atomic mass is 19.1. The molecule has 0 aliphatic carbocycles. The quantitative estimate of drug-likeness (QED) is 0.883. The summed E-state index contributed by atoms with van der Waals surface area (Å²) in [6.45, 7) is 2.12. The molecule has 26 heavy (non-hydrogen) atoms. The van der Waals surface area contributed by atoms with Gasteiger partial charge in [-0.3, -0.25) is 4.79 Å². The number of urea groups is 1. The number of hydrogen-bond donors (Lipinski definition) is 2. The fourth-order valence-corrected chi connectivity index (χ4v) is 2.89. The Kier molecular flexibility index (Phi) is 5.06. The Hall–Kier alpha value is -3.09. The normalized spacial score (nSPS) is 16.5. The molecule has 0 aromatic heterocycles. The van der Waals surface area contributed by atoms with Gasteiger partial charge in [0.2, 0.25) is 5.91 Å². The number of rotatable bonds is 4. The third-order valence-corrected chi connectivity index (χ3v) is 4.29. The molecular weight excluding hydrogens is 337 g/mol. The fraction of sp³-hybridized carbons (Fsp3) is 0.263. The van der Waals surface area contributed by atoms with Crippen molar-refractivity contribution in [3.63, 3.8) is 0 Å². The first-order valence-corrected chi connectivity index (χ1v) is 8.27. The van der Waals surface area contributed by atoms with Crippen LogP contribution in [-0.2, 0) is 4.79 Å². The number of ether oxygens (including phenoxy) is 1. The molecule has 0 saturated carbocycles. The molecule has 2 N–H and O–H groups in total. The van der Waals surface area contributed by atoms with Crippen molar-refractivity contribution in [1.82, 2.24) is 5.32 Å². The number of methoxy groups -OCH3 is 1. The van der Waals surface area contributed by atoms with E-state index in [0.717, 1.165) is 0 Å². The Morgan fingerprint density at radius 3 is 2.81 bits per heavy atom. The number of carbonyl (C=O) groups excluding carboxylic acids is 2. The first-order valence-electron chi connectivity index (χ1n) is 8.27. The zero-order valence-corrected chi connectivity index (χ0v) is 14.6. The lowest BCUT2D eigenvalue weighted by atomic mass is 10.2. The molecule has 0 radical (unpaired) electrons. The molecule has 6 nitrogen and oxygen atoms in total. The molecule has 1 saturated heterocycles. The smallest absolute Gasteiger partial charge is 0.319 e. The Labute approximate surface area is 150 Å². The molecule has 1 aliphatic rings. The molecule has 7 heteroatoms. The summed E-state index contributed by atoms with van der Waals surface area (Å²) in [6, 6.07) is 10.4. The van der Waals surface area contributed by atoms with Crippen molar-refractivity contribution >= 4 is 23.3 Å². The van der Waals surface area contributed by atoms with Crippen molar-refractivity contribution in [1.29, 1.82) is 0 Å². The summed E-state index contributed by atoms with van der Waals surface area (Å²) in [5.74, 6) is 0.0992. The Morgan fingerprint density at radius 2 is 2.08 bits per heavy atom. The number of carbonyl (C=O) groups is 2. The van der Waals surface area contributed by atoms with Crippen LogP contribution in [-0.4, -0.2) is 31.6 Å². The minimum Gasteiger partial charge on any atom is -0.497 e. The van der Waals surface area contributed by atoms with Crippen molar-refractivity contribution in [3.05, 3.63) is 53.8 Å². The van der Waals surface area contributed by atoms with Crippen LogP contribution >= 0.6 is 0 Å². The highest BCUT2D eigenvalue weighted by Gasteiger charge is 2.33. The molecule has 3 amide bonds. The maximum absolute atomic E-state index is 13.4. The number of hydrogen-bond acceptors (Lipinski definition) is 3. The van der Waals surface area contributed by atoms with E-state index in [-0.39, 0.29) is 11.7 Å². The first-order chi connectivity index (χ1) is 12.5. The van der Waals surface area contributed by atoms with Gasteiger partial charge in [-0.25, -0.2) is 9.18 Å². The highest BCUT2D eigenvalue weighted by molar-refractivity contribution is 6.02. The van der Waals surface area contributed by atoms with Crippen LogP contribution in [0.1, 0.15) is 12.0 Å². The topological polar surface area (TPSA) is 70.7 Å². The molecule has 2 aromatic rings. The van der Waals surface area contributed by atoms with E-state index < -0.39 is 12.1 Å². The van der Waals surface area contributed by atoms with Gasteiger partial charge in [0, 0.05) is 24.0 Å². The zero-order valence-electron chi connectivity index (χ0n) is 14.6. The van der Waals surface area contributed by atoms with Gasteiger partial charge < -0.3 is 20.3 Å². The van der Waals surface area contributed by atoms with E-state index in [9.17, 15) is 14.0 Å². The first kappa shape index (κ1) is 17.7. The van der Waals surface area contributed by atoms with Crippen molar-refractivity contribution < 1.29 is 18.7 Å². The summed E-state index contributed by atoms with van der Waals surface area (Å²) < 4.78 is 18.5. The van der Waals surface area contributed by atoms with E-state index in [0.29, 0.717) is 35.7 Å². The number of nitrogens with one attached hydrogen (secondary N) is 2. The van der Waals surface area contributed by atoms with E-state index in [1.54, 1.807) is 55.3 Å². The van der Waals surface area contributed by atoms with Crippen LogP contribution in [0.5, 0.6) is 5.75 Å². The third-order valence-electron chi connectivity index (χ3n) is 4.29. The largest absolute Gasteiger partial charge is 0.497 e. The summed E-state index contributed by atoms with van der Waals surface area (Å²) in [6.07, 6.45) is 0.487. The Morgan fingerprint density at radius 1 is 1.27 bits per heavy atom. The van der Waals surface area contributed by atoms with Crippen LogP contribution in [0, 0.1) is 12.7 Å². The van der Waals surface area contributed by atoms with Gasteiger partial charge in [-0.15, -0.1) is 0 Å². The van der Waals surface area contributed by atoms with Crippen LogP contribution in [0.3, 0.4) is 0 Å². The van der Waals surface area contributed by atoms with E-state index in [4.69, 9.17) is 4.74 Å². The van der Waals surface area contributed by atoms with E-state index in [1.165, 1.54) is 6.07 Å². The van der Waals surface area contributed by atoms with E-state index in [1.807, 2.05) is 0 Å². The SMILES string of the molecule is COc1cccc(NC(=O)N[C@@H]2CCN(c3ccc(F)c(C)c3)C2=O)c1. The maximum atomic E-state index is 13.4. The second-order valence-corrected chi connectivity index (χ2v) is 6.10. The predicted molar refractivity (Wildman–Crippen MR) is 97.0 cm³/mol. The van der Waals surface area contributed by atoms with Crippen LogP contribution in [0.4, 0.5) is 20.6 Å². The summed E-state index contributed by atoms with van der Waals surface area (Å²) in [5.41, 5.74) is 1.67. The number of amides is 3. The molecule has 1 aliphatic heterocycles. The third kappa shape index (κ3) is 3.77. The maximum Gasteiger partial charge on any atom is 0.319 e. The van der Waals surface area contributed by atoms with Gasteiger partial charge in [0.25, 0.3) is 0 Å². The number of anilines is 2. The lowest BCUT2D eigenvalue weighted by Crippen LogP contribution is -2.43. The summed E-state index contributed by atoms with van der Waals surface area (Å²) in [7, 11) is 1.54. The van der Waals surface area contributed by atoms with Gasteiger partial charge >= 0.3 is 6.03 Å². The van der Waals surface area contributed by atoms with Gasteiger partial charge in [-0.2, -0.15) is 0 Å². The van der Waals surface area contributed by atoms with Crippen molar-refractivity contribution in [2.45, 2.75) is 19.4 Å². The average molecular weight is 357 g/mol. The van der Waals surface area contributed by atoms with Gasteiger partial charge in [0.1, 0.15) is 17.6 Å². The summed E-state index contributed by atoms with van der Waals surface area (Å²) >= 11 is 0.